The highest BCUT2D eigenvalue weighted by Crippen LogP contribution is 2.28. The van der Waals surface area contributed by atoms with Crippen LogP contribution in [0.3, 0.4) is 0 Å². The third-order valence-electron chi connectivity index (χ3n) is 4.56. The molecule has 0 bridgehead atoms. The number of hydrogen-bond donors (Lipinski definition) is 1. The summed E-state index contributed by atoms with van der Waals surface area (Å²) in [5.41, 5.74) is 6.16. The Labute approximate surface area is 184 Å². The van der Waals surface area contributed by atoms with E-state index in [9.17, 15) is 4.79 Å². The van der Waals surface area contributed by atoms with Gasteiger partial charge in [-0.2, -0.15) is 0 Å². The van der Waals surface area contributed by atoms with Crippen LogP contribution in [-0.2, 0) is 11.4 Å². The molecule has 7 nitrogen and oxygen atoms in total. The normalized spacial score (nSPS) is 10.9. The third kappa shape index (κ3) is 4.80. The van der Waals surface area contributed by atoms with Crippen molar-refractivity contribution in [1.82, 2.24) is 14.8 Å². The number of amides is 1. The molecular formula is C23H22N4O3S. The molecule has 0 aliphatic carbocycles. The molecule has 0 unspecified atom stereocenters. The molecule has 158 valence electrons. The fraction of sp³-hybridized carbons (Fsp3) is 0.174. The van der Waals surface area contributed by atoms with Crippen LogP contribution in [0.25, 0.3) is 16.5 Å². The lowest BCUT2D eigenvalue weighted by molar-refractivity contribution is -0.115. The Bertz CT molecular complexity index is 1190. The largest absolute Gasteiger partial charge is 0.494 e. The lowest BCUT2D eigenvalue weighted by Crippen LogP contribution is -2.14. The number of carbonyl (C=O) groups is 1. The second-order valence-electron chi connectivity index (χ2n) is 6.68. The summed E-state index contributed by atoms with van der Waals surface area (Å²) in [5.74, 6) is 1.85. The highest BCUT2D eigenvalue weighted by atomic mass is 32.2. The van der Waals surface area contributed by atoms with E-state index in [1.54, 1.807) is 0 Å². The number of thioether (sulfide) groups is 1. The van der Waals surface area contributed by atoms with Crippen LogP contribution >= 0.6 is 11.8 Å². The van der Waals surface area contributed by atoms with Crippen LogP contribution in [0.15, 0.2) is 71.9 Å². The van der Waals surface area contributed by atoms with E-state index < -0.39 is 5.91 Å². The number of nitrogens with two attached hydrogens (primary N) is 1. The van der Waals surface area contributed by atoms with Crippen LogP contribution in [0.2, 0.25) is 0 Å². The molecule has 0 radical (unpaired) electrons. The summed E-state index contributed by atoms with van der Waals surface area (Å²) in [7, 11) is 0. The molecule has 1 aromatic heterocycles. The standard InChI is InChI=1S/C23H22N4O3S/c1-2-29-18-12-10-17(11-13-18)27-22(25-26-23(27)31-15-21(24)28)14-30-20-9-5-7-16-6-3-4-8-19(16)20/h3-13H,2,14-15H2,1H3,(H2,24,28). The number of rotatable bonds is 9. The first-order valence-electron chi connectivity index (χ1n) is 9.85. The highest BCUT2D eigenvalue weighted by Gasteiger charge is 2.16. The number of aromatic nitrogens is 3. The molecule has 0 saturated heterocycles. The van der Waals surface area contributed by atoms with Gasteiger partial charge in [-0.25, -0.2) is 0 Å². The third-order valence-corrected chi connectivity index (χ3v) is 5.51. The first-order valence-corrected chi connectivity index (χ1v) is 10.8. The molecule has 4 rings (SSSR count). The van der Waals surface area contributed by atoms with Crippen molar-refractivity contribution in [1.29, 1.82) is 0 Å². The van der Waals surface area contributed by atoms with Crippen LogP contribution in [-0.4, -0.2) is 33.0 Å². The lowest BCUT2D eigenvalue weighted by atomic mass is 10.1. The molecule has 8 heteroatoms. The number of ether oxygens (including phenoxy) is 2. The summed E-state index contributed by atoms with van der Waals surface area (Å²) in [6.45, 7) is 2.75. The van der Waals surface area contributed by atoms with E-state index in [0.29, 0.717) is 17.6 Å². The van der Waals surface area contributed by atoms with Gasteiger partial charge in [-0.1, -0.05) is 48.2 Å². The second-order valence-corrected chi connectivity index (χ2v) is 7.62. The van der Waals surface area contributed by atoms with Crippen molar-refractivity contribution >= 4 is 28.4 Å². The van der Waals surface area contributed by atoms with E-state index >= 15 is 0 Å². The Morgan fingerprint density at radius 3 is 2.55 bits per heavy atom. The Morgan fingerprint density at radius 1 is 1.00 bits per heavy atom. The van der Waals surface area contributed by atoms with Gasteiger partial charge in [-0.15, -0.1) is 10.2 Å². The van der Waals surface area contributed by atoms with Crippen LogP contribution in [0.5, 0.6) is 11.5 Å². The van der Waals surface area contributed by atoms with Crippen LogP contribution in [0.1, 0.15) is 12.7 Å². The van der Waals surface area contributed by atoms with Crippen molar-refractivity contribution in [3.63, 3.8) is 0 Å². The molecule has 0 saturated carbocycles. The lowest BCUT2D eigenvalue weighted by Gasteiger charge is -2.13. The van der Waals surface area contributed by atoms with E-state index in [0.717, 1.165) is 28.0 Å². The second kappa shape index (κ2) is 9.53. The Balaban J connectivity index is 1.64. The molecule has 0 aliphatic rings. The smallest absolute Gasteiger partial charge is 0.227 e. The first-order chi connectivity index (χ1) is 15.2. The molecule has 0 fully saturated rings. The van der Waals surface area contributed by atoms with Gasteiger partial charge in [0, 0.05) is 11.1 Å². The molecule has 3 aromatic carbocycles. The van der Waals surface area contributed by atoms with Gasteiger partial charge in [0.25, 0.3) is 0 Å². The van der Waals surface area contributed by atoms with E-state index in [1.165, 1.54) is 11.8 Å². The minimum absolute atomic E-state index is 0.110. The van der Waals surface area contributed by atoms with Gasteiger partial charge < -0.3 is 15.2 Å². The average molecular weight is 435 g/mol. The van der Waals surface area contributed by atoms with Crippen molar-refractivity contribution in [2.75, 3.05) is 12.4 Å². The number of benzene rings is 3. The molecule has 0 atom stereocenters. The summed E-state index contributed by atoms with van der Waals surface area (Å²) in [6, 6.07) is 21.6. The topological polar surface area (TPSA) is 92.3 Å². The summed E-state index contributed by atoms with van der Waals surface area (Å²) in [4.78, 5) is 11.3. The Kier molecular flexibility index (Phi) is 6.37. The first kappa shape index (κ1) is 20.7. The number of fused-ring (bicyclic) bond motifs is 1. The summed E-state index contributed by atoms with van der Waals surface area (Å²) in [6.07, 6.45) is 0. The van der Waals surface area contributed by atoms with Crippen LogP contribution in [0.4, 0.5) is 0 Å². The van der Waals surface area contributed by atoms with E-state index in [1.807, 2.05) is 78.2 Å². The average Bonchev–Trinajstić information content (AvgIpc) is 3.20. The fourth-order valence-corrected chi connectivity index (χ4v) is 3.91. The Hall–Kier alpha value is -3.52. The van der Waals surface area contributed by atoms with Crippen molar-refractivity contribution in [2.24, 2.45) is 5.73 Å². The van der Waals surface area contributed by atoms with E-state index in [-0.39, 0.29) is 12.4 Å². The zero-order valence-corrected chi connectivity index (χ0v) is 17.8. The van der Waals surface area contributed by atoms with Crippen molar-refractivity contribution < 1.29 is 14.3 Å². The maximum absolute atomic E-state index is 11.3. The van der Waals surface area contributed by atoms with Crippen LogP contribution < -0.4 is 15.2 Å². The SMILES string of the molecule is CCOc1ccc(-n2c(COc3cccc4ccccc34)nnc2SCC(N)=O)cc1. The maximum Gasteiger partial charge on any atom is 0.227 e. The quantitative estimate of drug-likeness (QED) is 0.401. The molecule has 0 aliphatic heterocycles. The minimum atomic E-state index is -0.417. The van der Waals surface area contributed by atoms with Gasteiger partial charge in [-0.3, -0.25) is 9.36 Å². The van der Waals surface area contributed by atoms with E-state index in [4.69, 9.17) is 15.2 Å². The van der Waals surface area contributed by atoms with Gasteiger partial charge in [0.05, 0.1) is 12.4 Å². The van der Waals surface area contributed by atoms with Gasteiger partial charge in [-0.05, 0) is 42.6 Å². The van der Waals surface area contributed by atoms with E-state index in [2.05, 4.69) is 10.2 Å². The molecule has 2 N–H and O–H groups in total. The Morgan fingerprint density at radius 2 is 1.77 bits per heavy atom. The summed E-state index contributed by atoms with van der Waals surface area (Å²) >= 11 is 1.24. The molecule has 4 aromatic rings. The van der Waals surface area contributed by atoms with Gasteiger partial charge in [0.15, 0.2) is 11.0 Å². The molecule has 31 heavy (non-hydrogen) atoms. The molecule has 0 spiro atoms. The van der Waals surface area contributed by atoms with Crippen LogP contribution in [0, 0.1) is 0 Å². The fourth-order valence-electron chi connectivity index (χ4n) is 3.20. The minimum Gasteiger partial charge on any atom is -0.494 e. The van der Waals surface area contributed by atoms with Gasteiger partial charge in [0.2, 0.25) is 5.91 Å². The number of primary amides is 1. The zero-order valence-electron chi connectivity index (χ0n) is 17.0. The van der Waals surface area contributed by atoms with Gasteiger partial charge >= 0.3 is 0 Å². The maximum atomic E-state index is 11.3. The zero-order chi connectivity index (χ0) is 21.6. The van der Waals surface area contributed by atoms with Crippen molar-refractivity contribution in [3.05, 3.63) is 72.6 Å². The number of carbonyl (C=O) groups excluding carboxylic acids is 1. The van der Waals surface area contributed by atoms with Crippen molar-refractivity contribution in [3.8, 4) is 17.2 Å². The van der Waals surface area contributed by atoms with Gasteiger partial charge in [0.1, 0.15) is 18.1 Å². The summed E-state index contributed by atoms with van der Waals surface area (Å²) < 4.78 is 13.5. The molecular weight excluding hydrogens is 412 g/mol. The predicted octanol–water partition coefficient (Wildman–Crippen LogP) is 3.98. The molecule has 1 heterocycles. The number of nitrogens with zero attached hydrogens (tertiary/aromatic N) is 3. The predicted molar refractivity (Wildman–Crippen MR) is 121 cm³/mol. The molecule has 1 amide bonds. The summed E-state index contributed by atoms with van der Waals surface area (Å²) in [5, 5.41) is 11.3. The van der Waals surface area contributed by atoms with Crippen molar-refractivity contribution in [2.45, 2.75) is 18.7 Å². The monoisotopic (exact) mass is 434 g/mol. The highest BCUT2D eigenvalue weighted by molar-refractivity contribution is 7.99. The number of hydrogen-bond acceptors (Lipinski definition) is 6.